The first-order valence-electron chi connectivity index (χ1n) is 15.9. The molecule has 0 aliphatic rings. The third kappa shape index (κ3) is 10.3. The molecule has 0 radical (unpaired) electrons. The van der Waals surface area contributed by atoms with Gasteiger partial charge in [0, 0.05) is 25.8 Å². The summed E-state index contributed by atoms with van der Waals surface area (Å²) in [5.74, 6) is 1.16. The van der Waals surface area contributed by atoms with E-state index in [1.807, 2.05) is 0 Å². The van der Waals surface area contributed by atoms with Crippen molar-refractivity contribution in [3.8, 4) is 22.3 Å². The maximum Gasteiger partial charge on any atom is 0 e. The molecule has 0 aliphatic heterocycles. The Labute approximate surface area is 310 Å². The minimum absolute atomic E-state index is 0. The van der Waals surface area contributed by atoms with Gasteiger partial charge in [0.25, 0.3) is 0 Å². The SMILES string of the molecule is CCc1ccc(-c2cccc3[cH-]c(C(C)C)cc23)cc1.CCc1ccc(-c2cccc3[cH-]c(C(C)C)cc23)cc1.[CH2-]C[CH2-].[Cl-].[Cl-].[Hf]. The molecule has 0 atom stereocenters. The Morgan fingerprint density at radius 2 is 0.870 bits per heavy atom. The van der Waals surface area contributed by atoms with Crippen LogP contribution in [0.25, 0.3) is 43.8 Å². The van der Waals surface area contributed by atoms with Gasteiger partial charge in [0.2, 0.25) is 0 Å². The summed E-state index contributed by atoms with van der Waals surface area (Å²) < 4.78 is 0. The Hall–Kier alpha value is -2.45. The second kappa shape index (κ2) is 20.0. The third-order valence-corrected chi connectivity index (χ3v) is 8.23. The number of halogens is 2. The quantitative estimate of drug-likeness (QED) is 0.127. The molecule has 0 N–H and O–H groups in total. The molecule has 0 unspecified atom stereocenters. The number of hydrogen-bond acceptors (Lipinski definition) is 0. The van der Waals surface area contributed by atoms with Crippen molar-refractivity contribution in [1.29, 1.82) is 0 Å². The van der Waals surface area contributed by atoms with Gasteiger partial charge in [0.1, 0.15) is 0 Å². The molecular weight excluding hydrogens is 766 g/mol. The summed E-state index contributed by atoms with van der Waals surface area (Å²) in [7, 11) is 0. The molecule has 0 nitrogen and oxygen atoms in total. The van der Waals surface area contributed by atoms with Crippen LogP contribution in [0.3, 0.4) is 0 Å². The van der Waals surface area contributed by atoms with E-state index in [2.05, 4.69) is 165 Å². The van der Waals surface area contributed by atoms with E-state index >= 15 is 0 Å². The van der Waals surface area contributed by atoms with Crippen LogP contribution in [-0.4, -0.2) is 0 Å². The average Bonchev–Trinajstić information content (AvgIpc) is 3.67. The largest absolute Gasteiger partial charge is 1.00 e. The zero-order chi connectivity index (χ0) is 30.9. The van der Waals surface area contributed by atoms with Crippen molar-refractivity contribution in [3.05, 3.63) is 145 Å². The summed E-state index contributed by atoms with van der Waals surface area (Å²) in [6.45, 7) is 20.2. The third-order valence-electron chi connectivity index (χ3n) is 8.23. The van der Waals surface area contributed by atoms with Crippen LogP contribution in [-0.2, 0) is 38.7 Å². The number of aryl methyl sites for hydroxylation is 2. The molecule has 6 rings (SSSR count). The minimum Gasteiger partial charge on any atom is -1.00 e. The van der Waals surface area contributed by atoms with E-state index in [1.165, 1.54) is 66.1 Å². The fourth-order valence-electron chi connectivity index (χ4n) is 5.53. The zero-order valence-corrected chi connectivity index (χ0v) is 33.4. The number of benzene rings is 4. The molecule has 0 saturated carbocycles. The zero-order valence-electron chi connectivity index (χ0n) is 28.3. The molecule has 0 heterocycles. The van der Waals surface area contributed by atoms with Gasteiger partial charge in [-0.2, -0.15) is 12.1 Å². The van der Waals surface area contributed by atoms with E-state index < -0.39 is 0 Å². The van der Waals surface area contributed by atoms with Gasteiger partial charge in [-0.3, -0.25) is 0 Å². The number of hydrogen-bond donors (Lipinski definition) is 0. The van der Waals surface area contributed by atoms with Gasteiger partial charge in [0.15, 0.2) is 0 Å². The molecule has 3 heteroatoms. The maximum atomic E-state index is 3.38. The van der Waals surface area contributed by atoms with Crippen molar-refractivity contribution in [2.75, 3.05) is 0 Å². The molecule has 0 amide bonds. The topological polar surface area (TPSA) is 0 Å². The molecule has 0 bridgehead atoms. The van der Waals surface area contributed by atoms with E-state index in [1.54, 1.807) is 0 Å². The van der Waals surface area contributed by atoms with Gasteiger partial charge < -0.3 is 45.1 Å². The Morgan fingerprint density at radius 1 is 0.543 bits per heavy atom. The van der Waals surface area contributed by atoms with Crippen molar-refractivity contribution in [2.24, 2.45) is 0 Å². The Bertz CT molecular complexity index is 1590. The van der Waals surface area contributed by atoms with Gasteiger partial charge in [-0.15, -0.1) is 69.1 Å². The average molecular weight is 814 g/mol. The van der Waals surface area contributed by atoms with Crippen LogP contribution in [0.5, 0.6) is 0 Å². The maximum absolute atomic E-state index is 3.38. The second-order valence-corrected chi connectivity index (χ2v) is 12.0. The molecule has 0 saturated heterocycles. The number of rotatable bonds is 6. The Morgan fingerprint density at radius 3 is 1.15 bits per heavy atom. The summed E-state index contributed by atoms with van der Waals surface area (Å²) >= 11 is 0. The summed E-state index contributed by atoms with van der Waals surface area (Å²) in [5, 5.41) is 5.46. The van der Waals surface area contributed by atoms with Gasteiger partial charge in [0.05, 0.1) is 0 Å². The molecular formula is C43H48Cl2Hf-6. The fourth-order valence-corrected chi connectivity index (χ4v) is 5.53. The van der Waals surface area contributed by atoms with E-state index in [-0.39, 0.29) is 50.7 Å². The van der Waals surface area contributed by atoms with E-state index in [9.17, 15) is 0 Å². The van der Waals surface area contributed by atoms with E-state index in [0.29, 0.717) is 11.8 Å². The molecule has 0 fully saturated rings. The summed E-state index contributed by atoms with van der Waals surface area (Å²) in [6.07, 6.45) is 2.94. The molecule has 0 aliphatic carbocycles. The fraction of sp³-hybridized carbons (Fsp3) is 0.256. The number of fused-ring (bicyclic) bond motifs is 2. The molecule has 0 spiro atoms. The Balaban J connectivity index is 0.000000400. The van der Waals surface area contributed by atoms with Gasteiger partial charge in [-0.1, -0.05) is 113 Å². The molecule has 0 aromatic heterocycles. The first-order valence-corrected chi connectivity index (χ1v) is 15.9. The van der Waals surface area contributed by atoms with Crippen LogP contribution in [0.1, 0.15) is 82.1 Å². The monoisotopic (exact) mass is 814 g/mol. The van der Waals surface area contributed by atoms with Crippen molar-refractivity contribution in [1.82, 2.24) is 0 Å². The van der Waals surface area contributed by atoms with Crippen molar-refractivity contribution < 1.29 is 50.7 Å². The van der Waals surface area contributed by atoms with Crippen molar-refractivity contribution >= 4 is 21.5 Å². The summed E-state index contributed by atoms with van der Waals surface area (Å²) in [4.78, 5) is 0. The normalized spacial score (nSPS) is 10.3. The van der Waals surface area contributed by atoms with Gasteiger partial charge in [-0.05, 0) is 46.9 Å². The van der Waals surface area contributed by atoms with Gasteiger partial charge >= 0.3 is 0 Å². The predicted octanol–water partition coefficient (Wildman–Crippen LogP) is 6.87. The van der Waals surface area contributed by atoms with Crippen molar-refractivity contribution in [3.63, 3.8) is 0 Å². The Kier molecular flexibility index (Phi) is 18.1. The first kappa shape index (κ1) is 41.6. The van der Waals surface area contributed by atoms with Crippen LogP contribution in [0.4, 0.5) is 0 Å². The molecule has 46 heavy (non-hydrogen) atoms. The predicted molar refractivity (Wildman–Crippen MR) is 192 cm³/mol. The molecule has 6 aromatic rings. The summed E-state index contributed by atoms with van der Waals surface area (Å²) in [5.41, 5.74) is 11.0. The van der Waals surface area contributed by atoms with Crippen LogP contribution >= 0.6 is 0 Å². The van der Waals surface area contributed by atoms with Gasteiger partial charge in [-0.25, -0.2) is 0 Å². The van der Waals surface area contributed by atoms with E-state index in [4.69, 9.17) is 0 Å². The van der Waals surface area contributed by atoms with Crippen LogP contribution < -0.4 is 24.8 Å². The molecule has 244 valence electrons. The summed E-state index contributed by atoms with van der Waals surface area (Å²) in [6, 6.07) is 40.5. The van der Waals surface area contributed by atoms with E-state index in [0.717, 1.165) is 19.3 Å². The first-order chi connectivity index (χ1) is 20.8. The standard InChI is InChI=1S/2C20H21.C3H6.2ClH.Hf/c2*1-4-15-8-10-16(11-9-15)19-7-5-6-17-12-18(14(2)3)13-20(17)19;1-3-2;;;/h2*5-14H,4H2,1-3H3;1-3H2;2*1H;/q2*-1;-2;;;/p-2. The van der Waals surface area contributed by atoms with Crippen molar-refractivity contribution in [2.45, 2.75) is 72.6 Å². The smallest absolute Gasteiger partial charge is 0 e. The second-order valence-electron chi connectivity index (χ2n) is 12.0. The van der Waals surface area contributed by atoms with Crippen LogP contribution in [0.15, 0.2) is 109 Å². The molecule has 6 aromatic carbocycles. The minimum atomic E-state index is 0. The van der Waals surface area contributed by atoms with Crippen LogP contribution in [0, 0.1) is 13.8 Å². The van der Waals surface area contributed by atoms with Crippen LogP contribution in [0.2, 0.25) is 0 Å².